The molecule has 8 heteroatoms. The van der Waals surface area contributed by atoms with E-state index in [1.165, 1.54) is 12.3 Å². The van der Waals surface area contributed by atoms with Gasteiger partial charge in [-0.3, -0.25) is 24.6 Å². The van der Waals surface area contributed by atoms with Gasteiger partial charge in [-0.1, -0.05) is 13.0 Å². The Morgan fingerprint density at radius 3 is 2.67 bits per heavy atom. The van der Waals surface area contributed by atoms with Gasteiger partial charge in [0.05, 0.1) is 27.0 Å². The lowest BCUT2D eigenvalue weighted by Crippen LogP contribution is -2.21. The van der Waals surface area contributed by atoms with Crippen molar-refractivity contribution in [2.75, 3.05) is 11.1 Å². The molecular weight excluding hydrogens is 328 g/mol. The predicted molar refractivity (Wildman–Crippen MR) is 93.8 cm³/mol. The Kier molecular flexibility index (Phi) is 4.48. The standard InChI is InChI=1S/C16H14N4O3S/c1-2-24-12-7-6-9(8-17-12)14(21)18-11-5-3-4-10-13(11)16(23)20-19-15(10)22/h3-8H,2H2,1H3,(H,18,21)(H,19,22)(H,20,23). The molecule has 0 aliphatic rings. The highest BCUT2D eigenvalue weighted by atomic mass is 32.2. The van der Waals surface area contributed by atoms with Crippen LogP contribution in [0.25, 0.3) is 10.8 Å². The number of hydrogen-bond donors (Lipinski definition) is 3. The Balaban J connectivity index is 1.95. The van der Waals surface area contributed by atoms with Crippen molar-refractivity contribution < 1.29 is 4.79 Å². The zero-order valence-electron chi connectivity index (χ0n) is 12.8. The summed E-state index contributed by atoms with van der Waals surface area (Å²) < 4.78 is 0. The SMILES string of the molecule is CCSc1ccc(C(=O)Nc2cccc3c(=O)[nH][nH]c(=O)c23)cn1. The van der Waals surface area contributed by atoms with Crippen molar-refractivity contribution in [3.05, 3.63) is 62.8 Å². The van der Waals surface area contributed by atoms with Crippen LogP contribution in [0.5, 0.6) is 0 Å². The van der Waals surface area contributed by atoms with Crippen LogP contribution in [-0.2, 0) is 0 Å². The van der Waals surface area contributed by atoms with Gasteiger partial charge in [-0.15, -0.1) is 11.8 Å². The van der Waals surface area contributed by atoms with Gasteiger partial charge < -0.3 is 5.32 Å². The number of amides is 1. The maximum Gasteiger partial charge on any atom is 0.272 e. The molecule has 0 aliphatic heterocycles. The number of anilines is 1. The Bertz CT molecular complexity index is 1010. The third-order valence-electron chi connectivity index (χ3n) is 3.36. The summed E-state index contributed by atoms with van der Waals surface area (Å²) in [4.78, 5) is 40.4. The molecule has 3 rings (SSSR count). The molecule has 0 saturated carbocycles. The lowest BCUT2D eigenvalue weighted by atomic mass is 10.1. The third kappa shape index (κ3) is 3.09. The van der Waals surface area contributed by atoms with Gasteiger partial charge in [0, 0.05) is 6.20 Å². The van der Waals surface area contributed by atoms with Crippen molar-refractivity contribution >= 4 is 34.1 Å². The summed E-state index contributed by atoms with van der Waals surface area (Å²) in [7, 11) is 0. The molecule has 0 unspecified atom stereocenters. The Morgan fingerprint density at radius 1 is 1.17 bits per heavy atom. The van der Waals surface area contributed by atoms with E-state index in [2.05, 4.69) is 20.5 Å². The number of thioether (sulfide) groups is 1. The number of H-pyrrole nitrogens is 2. The van der Waals surface area contributed by atoms with Gasteiger partial charge in [0.2, 0.25) is 0 Å². The van der Waals surface area contributed by atoms with Crippen molar-refractivity contribution in [2.24, 2.45) is 0 Å². The van der Waals surface area contributed by atoms with E-state index in [4.69, 9.17) is 0 Å². The van der Waals surface area contributed by atoms with Gasteiger partial charge in [-0.2, -0.15) is 0 Å². The molecule has 3 aromatic rings. The molecule has 0 fully saturated rings. The number of aromatic nitrogens is 3. The summed E-state index contributed by atoms with van der Waals surface area (Å²) in [6.07, 6.45) is 1.48. The van der Waals surface area contributed by atoms with Crippen LogP contribution in [0.4, 0.5) is 5.69 Å². The zero-order chi connectivity index (χ0) is 17.1. The Hall–Kier alpha value is -2.87. The number of pyridine rings is 1. The minimum atomic E-state index is -0.478. The third-order valence-corrected chi connectivity index (χ3v) is 4.19. The Labute approximate surface area is 140 Å². The van der Waals surface area contributed by atoms with Crippen LogP contribution < -0.4 is 16.4 Å². The molecule has 7 nitrogen and oxygen atoms in total. The van der Waals surface area contributed by atoms with Crippen LogP contribution in [0.2, 0.25) is 0 Å². The van der Waals surface area contributed by atoms with E-state index in [0.29, 0.717) is 5.56 Å². The van der Waals surface area contributed by atoms with E-state index < -0.39 is 17.0 Å². The van der Waals surface area contributed by atoms with Gasteiger partial charge in [0.1, 0.15) is 0 Å². The molecule has 24 heavy (non-hydrogen) atoms. The van der Waals surface area contributed by atoms with Crippen molar-refractivity contribution in [3.63, 3.8) is 0 Å². The number of carbonyl (C=O) groups is 1. The van der Waals surface area contributed by atoms with Crippen molar-refractivity contribution in [2.45, 2.75) is 11.9 Å². The quantitative estimate of drug-likeness (QED) is 0.628. The summed E-state index contributed by atoms with van der Waals surface area (Å²) in [5.41, 5.74) is -0.262. The lowest BCUT2D eigenvalue weighted by Gasteiger charge is -2.08. The van der Waals surface area contributed by atoms with E-state index in [-0.39, 0.29) is 16.5 Å². The highest BCUT2D eigenvalue weighted by Crippen LogP contribution is 2.19. The average molecular weight is 342 g/mol. The zero-order valence-corrected chi connectivity index (χ0v) is 13.6. The highest BCUT2D eigenvalue weighted by Gasteiger charge is 2.12. The number of benzene rings is 1. The minimum absolute atomic E-state index is 0.140. The van der Waals surface area contributed by atoms with Gasteiger partial charge in [0.15, 0.2) is 0 Å². The van der Waals surface area contributed by atoms with Crippen molar-refractivity contribution in [1.29, 1.82) is 0 Å². The molecule has 3 N–H and O–H groups in total. The second kappa shape index (κ2) is 6.71. The summed E-state index contributed by atoms with van der Waals surface area (Å²) in [6, 6.07) is 8.14. The highest BCUT2D eigenvalue weighted by molar-refractivity contribution is 7.99. The van der Waals surface area contributed by atoms with E-state index in [1.54, 1.807) is 36.0 Å². The number of aromatic amines is 2. The molecular formula is C16H14N4O3S. The van der Waals surface area contributed by atoms with Crippen LogP contribution in [0.1, 0.15) is 17.3 Å². The van der Waals surface area contributed by atoms with Crippen LogP contribution >= 0.6 is 11.8 Å². The molecule has 1 amide bonds. The molecule has 1 aromatic carbocycles. The second-order valence-corrected chi connectivity index (χ2v) is 6.19. The second-order valence-electron chi connectivity index (χ2n) is 4.91. The number of nitrogens with zero attached hydrogens (tertiary/aromatic N) is 1. The first-order valence-corrected chi connectivity index (χ1v) is 8.22. The maximum absolute atomic E-state index is 12.4. The normalized spacial score (nSPS) is 10.7. The summed E-state index contributed by atoms with van der Waals surface area (Å²) >= 11 is 1.58. The van der Waals surface area contributed by atoms with E-state index in [9.17, 15) is 14.4 Å². The fraction of sp³-hybridized carbons (Fsp3) is 0.125. The molecule has 0 atom stereocenters. The number of nitrogens with one attached hydrogen (secondary N) is 3. The molecule has 0 spiro atoms. The summed E-state index contributed by atoms with van der Waals surface area (Å²) in [5.74, 6) is 0.494. The molecule has 0 saturated heterocycles. The molecule has 0 bridgehead atoms. The molecule has 2 heterocycles. The average Bonchev–Trinajstić information content (AvgIpc) is 2.59. The van der Waals surface area contributed by atoms with Crippen LogP contribution in [0.15, 0.2) is 51.1 Å². The summed E-state index contributed by atoms with van der Waals surface area (Å²) in [6.45, 7) is 2.02. The predicted octanol–water partition coefficient (Wildman–Crippen LogP) is 1.98. The first-order valence-electron chi connectivity index (χ1n) is 7.24. The van der Waals surface area contributed by atoms with Crippen LogP contribution in [0.3, 0.4) is 0 Å². The summed E-state index contributed by atoms with van der Waals surface area (Å²) in [5, 5.41) is 8.36. The molecule has 122 valence electrons. The lowest BCUT2D eigenvalue weighted by molar-refractivity contribution is 0.102. The maximum atomic E-state index is 12.4. The first kappa shape index (κ1) is 16.0. The number of rotatable bonds is 4. The van der Waals surface area contributed by atoms with Crippen molar-refractivity contribution in [3.8, 4) is 0 Å². The van der Waals surface area contributed by atoms with E-state index in [1.807, 2.05) is 6.92 Å². The fourth-order valence-corrected chi connectivity index (χ4v) is 2.86. The van der Waals surface area contributed by atoms with Gasteiger partial charge in [-0.05, 0) is 30.0 Å². The number of carbonyl (C=O) groups excluding carboxylic acids is 1. The van der Waals surface area contributed by atoms with Gasteiger partial charge >= 0.3 is 0 Å². The molecule has 0 aliphatic carbocycles. The fourth-order valence-electron chi connectivity index (χ4n) is 2.28. The van der Waals surface area contributed by atoms with E-state index >= 15 is 0 Å². The molecule has 2 aromatic heterocycles. The van der Waals surface area contributed by atoms with Crippen LogP contribution in [0, 0.1) is 0 Å². The molecule has 0 radical (unpaired) electrons. The van der Waals surface area contributed by atoms with E-state index in [0.717, 1.165) is 10.8 Å². The number of hydrogen-bond acceptors (Lipinski definition) is 5. The first-order chi connectivity index (χ1) is 11.6. The van der Waals surface area contributed by atoms with Gasteiger partial charge in [0.25, 0.3) is 17.0 Å². The van der Waals surface area contributed by atoms with Crippen LogP contribution in [-0.4, -0.2) is 26.8 Å². The smallest absolute Gasteiger partial charge is 0.272 e. The van der Waals surface area contributed by atoms with Crippen molar-refractivity contribution in [1.82, 2.24) is 15.2 Å². The Morgan fingerprint density at radius 2 is 1.96 bits per heavy atom. The van der Waals surface area contributed by atoms with Gasteiger partial charge in [-0.25, -0.2) is 4.98 Å². The minimum Gasteiger partial charge on any atom is -0.321 e. The topological polar surface area (TPSA) is 108 Å². The monoisotopic (exact) mass is 342 g/mol. The largest absolute Gasteiger partial charge is 0.321 e. The number of fused-ring (bicyclic) bond motifs is 1.